The third-order valence-electron chi connectivity index (χ3n) is 10.3. The van der Waals surface area contributed by atoms with Crippen LogP contribution >= 0.6 is 0 Å². The number of hydrogen-bond acceptors (Lipinski definition) is 4. The molecule has 4 nitrogen and oxygen atoms in total. The van der Waals surface area contributed by atoms with Gasteiger partial charge in [0.05, 0.1) is 0 Å². The summed E-state index contributed by atoms with van der Waals surface area (Å²) < 4.78 is 26.1. The number of furan rings is 2. The molecule has 0 amide bonds. The van der Waals surface area contributed by atoms with Gasteiger partial charge in [-0.3, -0.25) is 0 Å². The van der Waals surface area contributed by atoms with E-state index in [4.69, 9.17) is 17.1 Å². The Kier molecular flexibility index (Phi) is 10.7. The number of fused-ring (bicyclic) bond motifs is 6. The van der Waals surface area contributed by atoms with Gasteiger partial charge in [0.2, 0.25) is 0 Å². The van der Waals surface area contributed by atoms with Crippen molar-refractivity contribution in [3.8, 4) is 22.3 Å². The monoisotopic (exact) mass is 786 g/mol. The molecular formula is C46H58O4Si4. The minimum atomic E-state index is -1.61. The first-order chi connectivity index (χ1) is 25.4. The molecule has 0 N–H and O–H groups in total. The Bertz CT molecular complexity index is 2240. The molecule has 0 fully saturated rings. The minimum Gasteiger partial charge on any atom is -0.456 e. The summed E-state index contributed by atoms with van der Waals surface area (Å²) in [6.45, 7) is 23.3. The van der Waals surface area contributed by atoms with E-state index < -0.39 is 33.3 Å². The standard InChI is InChI=1S/C46H58O4Si4/c1-51(2,3)49-53(7,8)27-11-13-33-15-19-35(20-16-33)37-23-25-39-41-31-46-42(32-45(41)47-43(39)29-37)40-26-24-38(30-44(40)48-46)36-21-17-34(18-22-36)14-12-28-54(9,10)50-52(4,5)6/h15-26,29-32H,11-14,27-28H2,1-10H3. The molecule has 54 heavy (non-hydrogen) atoms. The second kappa shape index (κ2) is 14.9. The average Bonchev–Trinajstić information content (AvgIpc) is 3.61. The molecule has 0 saturated heterocycles. The van der Waals surface area contributed by atoms with Crippen LogP contribution in [0.3, 0.4) is 0 Å². The Balaban J connectivity index is 1.04. The lowest BCUT2D eigenvalue weighted by Crippen LogP contribution is -2.42. The molecule has 7 aromatic rings. The molecule has 2 aromatic heterocycles. The number of benzene rings is 5. The van der Waals surface area contributed by atoms with Crippen LogP contribution < -0.4 is 0 Å². The zero-order chi connectivity index (χ0) is 38.5. The van der Waals surface area contributed by atoms with E-state index >= 15 is 0 Å². The van der Waals surface area contributed by atoms with Crippen LogP contribution in [0.2, 0.25) is 77.6 Å². The Morgan fingerprint density at radius 3 is 1.07 bits per heavy atom. The summed E-state index contributed by atoms with van der Waals surface area (Å²) in [4.78, 5) is 0. The normalized spacial score (nSPS) is 13.2. The highest BCUT2D eigenvalue weighted by molar-refractivity contribution is 6.84. The SMILES string of the molecule is C[Si](C)(C)O[Si](C)(C)CCCc1ccc(-c2ccc3c(c2)oc2cc4c(cc23)oc2cc(-c3ccc(CCC[Si](C)(C)O[Si](C)(C)C)cc3)ccc24)cc1. The van der Waals surface area contributed by atoms with Gasteiger partial charge in [0.15, 0.2) is 33.3 Å². The van der Waals surface area contributed by atoms with Crippen LogP contribution in [0.4, 0.5) is 0 Å². The van der Waals surface area contributed by atoms with E-state index in [1.165, 1.54) is 47.2 Å². The lowest BCUT2D eigenvalue weighted by molar-refractivity contribution is 0.542. The fourth-order valence-electron chi connectivity index (χ4n) is 8.33. The first kappa shape index (κ1) is 38.7. The van der Waals surface area contributed by atoms with Gasteiger partial charge in [-0.2, -0.15) is 0 Å². The molecule has 0 bridgehead atoms. The van der Waals surface area contributed by atoms with E-state index in [1.807, 2.05) is 0 Å². The molecule has 7 rings (SSSR count). The molecule has 282 valence electrons. The molecule has 0 saturated carbocycles. The minimum absolute atomic E-state index is 0.884. The van der Waals surface area contributed by atoms with Gasteiger partial charge in [-0.1, -0.05) is 60.7 Å². The van der Waals surface area contributed by atoms with Crippen LogP contribution in [0, 0.1) is 0 Å². The smallest absolute Gasteiger partial charge is 0.173 e. The fourth-order valence-corrected chi connectivity index (χ4v) is 24.5. The molecular weight excluding hydrogens is 729 g/mol. The van der Waals surface area contributed by atoms with Crippen molar-refractivity contribution in [1.29, 1.82) is 0 Å². The van der Waals surface area contributed by atoms with Crippen molar-refractivity contribution in [3.63, 3.8) is 0 Å². The quantitative estimate of drug-likeness (QED) is 0.103. The zero-order valence-electron chi connectivity index (χ0n) is 34.1. The summed E-state index contributed by atoms with van der Waals surface area (Å²) in [7, 11) is -6.20. The molecule has 2 heterocycles. The predicted molar refractivity (Wildman–Crippen MR) is 242 cm³/mol. The first-order valence-corrected chi connectivity index (χ1v) is 32.9. The first-order valence-electron chi connectivity index (χ1n) is 19.8. The second-order valence-corrected chi connectivity index (χ2v) is 36.6. The fraction of sp³-hybridized carbons (Fsp3) is 0.348. The van der Waals surface area contributed by atoms with E-state index in [1.54, 1.807) is 0 Å². The molecule has 5 aromatic carbocycles. The molecule has 0 spiro atoms. The molecule has 8 heteroatoms. The third-order valence-corrected chi connectivity index (χ3v) is 22.7. The molecule has 0 aliphatic rings. The van der Waals surface area contributed by atoms with Gasteiger partial charge >= 0.3 is 0 Å². The van der Waals surface area contributed by atoms with Crippen LogP contribution in [0.5, 0.6) is 0 Å². The van der Waals surface area contributed by atoms with Gasteiger partial charge in [0.25, 0.3) is 0 Å². The lowest BCUT2D eigenvalue weighted by atomic mass is 10.0. The number of rotatable bonds is 14. The van der Waals surface area contributed by atoms with Crippen molar-refractivity contribution in [2.24, 2.45) is 0 Å². The maximum absolute atomic E-state index is 6.54. The maximum atomic E-state index is 6.54. The van der Waals surface area contributed by atoms with E-state index in [9.17, 15) is 0 Å². The van der Waals surface area contributed by atoms with Crippen LogP contribution in [0.25, 0.3) is 66.1 Å². The lowest BCUT2D eigenvalue weighted by Gasteiger charge is -2.31. The van der Waals surface area contributed by atoms with Gasteiger partial charge in [0.1, 0.15) is 22.3 Å². The van der Waals surface area contributed by atoms with Crippen molar-refractivity contribution in [1.82, 2.24) is 0 Å². The van der Waals surface area contributed by atoms with Crippen molar-refractivity contribution < 1.29 is 17.1 Å². The van der Waals surface area contributed by atoms with E-state index in [0.29, 0.717) is 0 Å². The van der Waals surface area contributed by atoms with E-state index in [2.05, 4.69) is 163 Å². The molecule has 0 aliphatic carbocycles. The van der Waals surface area contributed by atoms with Gasteiger partial charge in [-0.25, -0.2) is 0 Å². The summed E-state index contributed by atoms with van der Waals surface area (Å²) in [5, 5.41) is 4.37. The third kappa shape index (κ3) is 9.29. The van der Waals surface area contributed by atoms with Crippen molar-refractivity contribution in [3.05, 3.63) is 108 Å². The van der Waals surface area contributed by atoms with Crippen molar-refractivity contribution >= 4 is 77.1 Å². The highest BCUT2D eigenvalue weighted by atomic mass is 28.4. The van der Waals surface area contributed by atoms with Crippen molar-refractivity contribution in [2.45, 2.75) is 103 Å². The summed E-state index contributed by atoms with van der Waals surface area (Å²) in [5.74, 6) is 0. The summed E-state index contributed by atoms with van der Waals surface area (Å²) in [6, 6.07) is 38.0. The van der Waals surface area contributed by atoms with Crippen LogP contribution in [-0.4, -0.2) is 33.3 Å². The molecule has 0 radical (unpaired) electrons. The van der Waals surface area contributed by atoms with Crippen LogP contribution in [-0.2, 0) is 21.1 Å². The maximum Gasteiger partial charge on any atom is 0.173 e. The van der Waals surface area contributed by atoms with Crippen LogP contribution in [0.1, 0.15) is 24.0 Å². The van der Waals surface area contributed by atoms with Gasteiger partial charge in [-0.15, -0.1) is 0 Å². The Morgan fingerprint density at radius 1 is 0.389 bits per heavy atom. The summed E-state index contributed by atoms with van der Waals surface area (Å²) >= 11 is 0. The van der Waals surface area contributed by atoms with Gasteiger partial charge in [-0.05, 0) is 173 Å². The van der Waals surface area contributed by atoms with E-state index in [-0.39, 0.29) is 0 Å². The Labute approximate surface area is 326 Å². The van der Waals surface area contributed by atoms with Gasteiger partial charge < -0.3 is 17.1 Å². The number of aryl methyl sites for hydroxylation is 2. The summed E-state index contributed by atoms with van der Waals surface area (Å²) in [6.07, 6.45) is 4.54. The zero-order valence-corrected chi connectivity index (χ0v) is 38.1. The largest absolute Gasteiger partial charge is 0.456 e. The topological polar surface area (TPSA) is 44.7 Å². The highest BCUT2D eigenvalue weighted by Crippen LogP contribution is 2.39. The average molecular weight is 787 g/mol. The molecule has 0 aliphatic heterocycles. The Hall–Kier alpha value is -3.51. The predicted octanol–water partition coefficient (Wildman–Crippen LogP) is 14.8. The highest BCUT2D eigenvalue weighted by Gasteiger charge is 2.30. The van der Waals surface area contributed by atoms with E-state index in [0.717, 1.165) is 67.8 Å². The molecule has 0 atom stereocenters. The van der Waals surface area contributed by atoms with Gasteiger partial charge in [0, 0.05) is 21.5 Å². The second-order valence-electron chi connectivity index (χ2n) is 18.5. The van der Waals surface area contributed by atoms with Crippen molar-refractivity contribution in [2.75, 3.05) is 0 Å². The summed E-state index contributed by atoms with van der Waals surface area (Å²) in [5.41, 5.74) is 11.1. The molecule has 0 unspecified atom stereocenters. The number of hydrogen-bond donors (Lipinski definition) is 0. The van der Waals surface area contributed by atoms with Crippen LogP contribution in [0.15, 0.2) is 106 Å². The Morgan fingerprint density at radius 2 is 0.722 bits per heavy atom.